The molecule has 0 amide bonds. The Morgan fingerprint density at radius 2 is 2.12 bits per heavy atom. The molecule has 1 fully saturated rings. The molecule has 2 N–H and O–H groups in total. The topological polar surface area (TPSA) is 90.4 Å². The van der Waals surface area contributed by atoms with Gasteiger partial charge in [-0.25, -0.2) is 13.6 Å². The highest BCUT2D eigenvalue weighted by molar-refractivity contribution is 7.89. The van der Waals surface area contributed by atoms with E-state index in [0.717, 1.165) is 23.1 Å². The van der Waals surface area contributed by atoms with E-state index in [0.29, 0.717) is 5.92 Å². The van der Waals surface area contributed by atoms with Crippen LogP contribution in [0.5, 0.6) is 0 Å². The normalized spacial score (nSPS) is 16.6. The highest BCUT2D eigenvalue weighted by Crippen LogP contribution is 2.38. The zero-order chi connectivity index (χ0) is 12.2. The molecule has 0 unspecified atom stereocenters. The quantitative estimate of drug-likeness (QED) is 0.841. The van der Waals surface area contributed by atoms with Crippen LogP contribution in [0.25, 0.3) is 5.65 Å². The number of sulfonamides is 1. The number of hydrogen-bond acceptors (Lipinski definition) is 4. The molecule has 8 heteroatoms. The van der Waals surface area contributed by atoms with Crippen LogP contribution in [0.1, 0.15) is 24.5 Å². The van der Waals surface area contributed by atoms with Crippen LogP contribution < -0.4 is 5.14 Å². The summed E-state index contributed by atoms with van der Waals surface area (Å²) in [7, 11) is -4.18. The van der Waals surface area contributed by atoms with Gasteiger partial charge in [-0.3, -0.25) is 0 Å². The Bertz CT molecular complexity index is 705. The number of halogens is 1. The number of imidazole rings is 1. The van der Waals surface area contributed by atoms with E-state index >= 15 is 0 Å². The lowest BCUT2D eigenvalue weighted by molar-refractivity contribution is 0.533. The minimum atomic E-state index is -4.18. The van der Waals surface area contributed by atoms with Gasteiger partial charge in [0.25, 0.3) is 16.0 Å². The Hall–Kier alpha value is -1.54. The van der Waals surface area contributed by atoms with E-state index in [1.54, 1.807) is 12.1 Å². The molecule has 0 aliphatic heterocycles. The number of hydrogen-bond donors (Lipinski definition) is 1. The van der Waals surface area contributed by atoms with Gasteiger partial charge in [-0.1, -0.05) is 0 Å². The Morgan fingerprint density at radius 1 is 1.41 bits per heavy atom. The standard InChI is InChI=1S/C9H9FN4O2S/c10-8-9(17(11,15)16)14-7(12-8)4-3-6(13-14)5-1-2-5/h3-5H,1-2H2,(H2,11,15,16). The van der Waals surface area contributed by atoms with Crippen LogP contribution in [0.4, 0.5) is 4.39 Å². The summed E-state index contributed by atoms with van der Waals surface area (Å²) in [6, 6.07) is 3.27. The zero-order valence-electron chi connectivity index (χ0n) is 8.67. The van der Waals surface area contributed by atoms with Crippen molar-refractivity contribution < 1.29 is 12.8 Å². The van der Waals surface area contributed by atoms with Gasteiger partial charge in [0.05, 0.1) is 5.69 Å². The maximum absolute atomic E-state index is 13.4. The first-order valence-corrected chi connectivity index (χ1v) is 6.59. The summed E-state index contributed by atoms with van der Waals surface area (Å²) in [4.78, 5) is 3.48. The molecule has 1 aliphatic rings. The van der Waals surface area contributed by atoms with Crippen LogP contribution in [0, 0.1) is 5.95 Å². The third-order valence-electron chi connectivity index (χ3n) is 2.68. The summed E-state index contributed by atoms with van der Waals surface area (Å²) in [5, 5.41) is 8.34. The molecule has 1 saturated carbocycles. The fraction of sp³-hybridized carbons (Fsp3) is 0.333. The molecule has 2 aromatic heterocycles. The number of primary sulfonamides is 1. The van der Waals surface area contributed by atoms with E-state index in [1.165, 1.54) is 0 Å². The minimum absolute atomic E-state index is 0.135. The van der Waals surface area contributed by atoms with Crippen molar-refractivity contribution in [1.82, 2.24) is 14.6 Å². The molecule has 2 heterocycles. The van der Waals surface area contributed by atoms with E-state index in [1.807, 2.05) is 0 Å². The zero-order valence-corrected chi connectivity index (χ0v) is 9.48. The van der Waals surface area contributed by atoms with Gasteiger partial charge in [0.2, 0.25) is 5.03 Å². The molecule has 0 aromatic carbocycles. The average Bonchev–Trinajstić information content (AvgIpc) is 2.98. The van der Waals surface area contributed by atoms with Gasteiger partial charge < -0.3 is 0 Å². The van der Waals surface area contributed by atoms with Crippen molar-refractivity contribution in [2.45, 2.75) is 23.8 Å². The predicted molar refractivity (Wildman–Crippen MR) is 56.3 cm³/mol. The number of nitrogens with two attached hydrogens (primary N) is 1. The minimum Gasteiger partial charge on any atom is -0.223 e. The molecule has 90 valence electrons. The van der Waals surface area contributed by atoms with Gasteiger partial charge >= 0.3 is 0 Å². The Balaban J connectivity index is 2.32. The van der Waals surface area contributed by atoms with Crippen molar-refractivity contribution in [3.05, 3.63) is 23.8 Å². The molecule has 3 rings (SSSR count). The molecular formula is C9H9FN4O2S. The summed E-state index contributed by atoms with van der Waals surface area (Å²) in [6.45, 7) is 0. The van der Waals surface area contributed by atoms with Crippen molar-refractivity contribution in [2.24, 2.45) is 5.14 Å². The first-order valence-electron chi connectivity index (χ1n) is 5.05. The first kappa shape index (κ1) is 10.6. The Labute approximate surface area is 96.3 Å². The van der Waals surface area contributed by atoms with Crippen LogP contribution in [0.3, 0.4) is 0 Å². The van der Waals surface area contributed by atoms with E-state index < -0.39 is 21.0 Å². The molecule has 17 heavy (non-hydrogen) atoms. The highest BCUT2D eigenvalue weighted by Gasteiger charge is 2.28. The van der Waals surface area contributed by atoms with E-state index in [4.69, 9.17) is 5.14 Å². The van der Waals surface area contributed by atoms with Gasteiger partial charge in [-0.15, -0.1) is 0 Å². The van der Waals surface area contributed by atoms with Crippen molar-refractivity contribution in [1.29, 1.82) is 0 Å². The van der Waals surface area contributed by atoms with Gasteiger partial charge in [0.1, 0.15) is 0 Å². The number of nitrogens with zero attached hydrogens (tertiary/aromatic N) is 3. The molecule has 0 spiro atoms. The molecule has 6 nitrogen and oxygen atoms in total. The summed E-state index contributed by atoms with van der Waals surface area (Å²) < 4.78 is 36.9. The fourth-order valence-electron chi connectivity index (χ4n) is 1.74. The molecule has 0 bridgehead atoms. The van der Waals surface area contributed by atoms with Crippen molar-refractivity contribution in [2.75, 3.05) is 0 Å². The van der Waals surface area contributed by atoms with Gasteiger partial charge in [-0.05, 0) is 25.0 Å². The molecule has 0 radical (unpaired) electrons. The smallest absolute Gasteiger partial charge is 0.223 e. The lowest BCUT2D eigenvalue weighted by atomic mass is 10.3. The van der Waals surface area contributed by atoms with Crippen molar-refractivity contribution >= 4 is 15.7 Å². The third-order valence-corrected chi connectivity index (χ3v) is 3.56. The summed E-state index contributed by atoms with van der Waals surface area (Å²) >= 11 is 0. The summed E-state index contributed by atoms with van der Waals surface area (Å²) in [5.41, 5.74) is 0.871. The molecule has 0 atom stereocenters. The molecular weight excluding hydrogens is 247 g/mol. The maximum Gasteiger partial charge on any atom is 0.260 e. The Morgan fingerprint density at radius 3 is 2.71 bits per heavy atom. The monoisotopic (exact) mass is 256 g/mol. The molecule has 2 aromatic rings. The molecule has 0 saturated heterocycles. The Kier molecular flexibility index (Phi) is 2.02. The third kappa shape index (κ3) is 1.69. The summed E-state index contributed by atoms with van der Waals surface area (Å²) in [6.07, 6.45) is 2.03. The summed E-state index contributed by atoms with van der Waals surface area (Å²) in [5.74, 6) is -0.786. The van der Waals surface area contributed by atoms with Crippen molar-refractivity contribution in [3.63, 3.8) is 0 Å². The SMILES string of the molecule is NS(=O)(=O)c1c(F)nc2ccc(C3CC3)nn12. The lowest BCUT2D eigenvalue weighted by Crippen LogP contribution is -2.17. The van der Waals surface area contributed by atoms with Crippen molar-refractivity contribution in [3.8, 4) is 0 Å². The fourth-order valence-corrected chi connectivity index (χ4v) is 2.39. The van der Waals surface area contributed by atoms with Crippen LogP contribution in [0.15, 0.2) is 17.2 Å². The molecule has 1 aliphatic carbocycles. The van der Waals surface area contributed by atoms with E-state index in [-0.39, 0.29) is 5.65 Å². The number of aromatic nitrogens is 3. The van der Waals surface area contributed by atoms with Gasteiger partial charge in [0.15, 0.2) is 5.65 Å². The second-order valence-corrected chi connectivity index (χ2v) is 5.53. The maximum atomic E-state index is 13.4. The average molecular weight is 256 g/mol. The van der Waals surface area contributed by atoms with Crippen LogP contribution >= 0.6 is 0 Å². The van der Waals surface area contributed by atoms with E-state index in [2.05, 4.69) is 10.1 Å². The second-order valence-electron chi connectivity index (χ2n) is 4.06. The van der Waals surface area contributed by atoms with Crippen LogP contribution in [-0.2, 0) is 10.0 Å². The van der Waals surface area contributed by atoms with E-state index in [9.17, 15) is 12.8 Å². The second kappa shape index (κ2) is 3.23. The van der Waals surface area contributed by atoms with Gasteiger partial charge in [0, 0.05) is 5.92 Å². The largest absolute Gasteiger partial charge is 0.260 e. The van der Waals surface area contributed by atoms with Gasteiger partial charge in [-0.2, -0.15) is 19.0 Å². The highest BCUT2D eigenvalue weighted by atomic mass is 32.2. The first-order chi connectivity index (χ1) is 7.97. The van der Waals surface area contributed by atoms with Crippen LogP contribution in [0.2, 0.25) is 0 Å². The number of fused-ring (bicyclic) bond motifs is 1. The lowest BCUT2D eigenvalue weighted by Gasteiger charge is -2.00. The predicted octanol–water partition coefficient (Wildman–Crippen LogP) is 0.393. The number of rotatable bonds is 2. The van der Waals surface area contributed by atoms with Crippen LogP contribution in [-0.4, -0.2) is 23.0 Å².